The molecule has 12 heteroatoms. The molecule has 1 aromatic heterocycles. The standard InChI is InChI=1S/C24H24F6N2O2.C2H6N2/c1-3-4-5-15(2)22-31-21(32-34-22)17-8-11-20(19(14-17)24(28,29)30)33-13-12-16-6-9-18(10-7-16)23(25,26)27;1-2(3)4/h6-11,14-15H,3-5,12-13H2,1-2H3;1H3,(H3,3,4)/t15-;/m0./s1. The summed E-state index contributed by atoms with van der Waals surface area (Å²) < 4.78 is 89.5. The predicted octanol–water partition coefficient (Wildman–Crippen LogP) is 7.63. The third-order valence-corrected chi connectivity index (χ3v) is 5.33. The van der Waals surface area contributed by atoms with Crippen molar-refractivity contribution in [2.75, 3.05) is 6.61 Å². The number of nitrogens with one attached hydrogen (secondary N) is 1. The average Bonchev–Trinajstić information content (AvgIpc) is 3.32. The van der Waals surface area contributed by atoms with E-state index in [4.69, 9.17) is 20.4 Å². The second-order valence-electron chi connectivity index (χ2n) is 8.68. The van der Waals surface area contributed by atoms with Crippen LogP contribution in [0.25, 0.3) is 11.4 Å². The largest absolute Gasteiger partial charge is 0.493 e. The number of alkyl halides is 6. The number of hydrogen-bond donors (Lipinski definition) is 2. The highest BCUT2D eigenvalue weighted by atomic mass is 19.4. The summed E-state index contributed by atoms with van der Waals surface area (Å²) in [6, 6.07) is 7.89. The molecule has 1 atom stereocenters. The van der Waals surface area contributed by atoms with Crippen molar-refractivity contribution in [3.05, 3.63) is 65.0 Å². The van der Waals surface area contributed by atoms with Crippen LogP contribution in [0.15, 0.2) is 47.0 Å². The third-order valence-electron chi connectivity index (χ3n) is 5.33. The Morgan fingerprint density at radius 2 is 1.68 bits per heavy atom. The maximum Gasteiger partial charge on any atom is 0.419 e. The van der Waals surface area contributed by atoms with Crippen molar-refractivity contribution >= 4 is 5.84 Å². The predicted molar refractivity (Wildman–Crippen MR) is 131 cm³/mol. The molecule has 0 aliphatic rings. The summed E-state index contributed by atoms with van der Waals surface area (Å²) in [6.07, 6.45) is -6.21. The monoisotopic (exact) mass is 544 g/mol. The molecule has 0 spiro atoms. The van der Waals surface area contributed by atoms with E-state index in [9.17, 15) is 26.3 Å². The fourth-order valence-corrected chi connectivity index (χ4v) is 3.34. The van der Waals surface area contributed by atoms with Crippen molar-refractivity contribution in [1.29, 1.82) is 5.41 Å². The molecule has 0 unspecified atom stereocenters. The molecule has 2 aromatic carbocycles. The molecular weight excluding hydrogens is 514 g/mol. The van der Waals surface area contributed by atoms with Gasteiger partial charge in [0.15, 0.2) is 0 Å². The van der Waals surface area contributed by atoms with E-state index in [2.05, 4.69) is 17.1 Å². The van der Waals surface area contributed by atoms with Gasteiger partial charge in [0.25, 0.3) is 0 Å². The van der Waals surface area contributed by atoms with E-state index in [0.29, 0.717) is 11.5 Å². The number of nitrogens with two attached hydrogens (primary N) is 1. The molecule has 0 fully saturated rings. The lowest BCUT2D eigenvalue weighted by Gasteiger charge is -2.15. The molecule has 3 N–H and O–H groups in total. The maximum atomic E-state index is 13.7. The van der Waals surface area contributed by atoms with E-state index in [1.807, 2.05) is 6.92 Å². The quantitative estimate of drug-likeness (QED) is 0.164. The summed E-state index contributed by atoms with van der Waals surface area (Å²) in [6.45, 7) is 5.36. The molecule has 0 saturated heterocycles. The van der Waals surface area contributed by atoms with Gasteiger partial charge in [-0.15, -0.1) is 0 Å². The van der Waals surface area contributed by atoms with Crippen molar-refractivity contribution < 1.29 is 35.6 Å². The number of aromatic nitrogens is 2. The zero-order valence-corrected chi connectivity index (χ0v) is 21.2. The third kappa shape index (κ3) is 9.38. The maximum absolute atomic E-state index is 13.7. The van der Waals surface area contributed by atoms with Gasteiger partial charge in [-0.25, -0.2) is 0 Å². The molecule has 3 rings (SSSR count). The first-order valence-corrected chi connectivity index (χ1v) is 11.9. The Morgan fingerprint density at radius 3 is 2.24 bits per heavy atom. The highest BCUT2D eigenvalue weighted by Gasteiger charge is 2.35. The minimum atomic E-state index is -4.69. The van der Waals surface area contributed by atoms with Gasteiger partial charge in [0.2, 0.25) is 11.7 Å². The molecule has 208 valence electrons. The van der Waals surface area contributed by atoms with Crippen molar-refractivity contribution in [2.24, 2.45) is 5.73 Å². The van der Waals surface area contributed by atoms with Crippen LogP contribution < -0.4 is 10.5 Å². The number of benzene rings is 2. The van der Waals surface area contributed by atoms with Gasteiger partial charge in [-0.2, -0.15) is 31.3 Å². The molecule has 0 aliphatic heterocycles. The Labute approximate surface area is 216 Å². The van der Waals surface area contributed by atoms with Crippen LogP contribution in [0.1, 0.15) is 68.5 Å². The Morgan fingerprint density at radius 1 is 1.05 bits per heavy atom. The first kappa shape index (κ1) is 30.7. The molecular formula is C26H30F6N4O2. The highest BCUT2D eigenvalue weighted by Crippen LogP contribution is 2.39. The van der Waals surface area contributed by atoms with E-state index in [-0.39, 0.29) is 41.9 Å². The van der Waals surface area contributed by atoms with Crippen molar-refractivity contribution in [3.63, 3.8) is 0 Å². The summed E-state index contributed by atoms with van der Waals surface area (Å²) in [7, 11) is 0. The normalized spacial score (nSPS) is 12.4. The molecule has 0 aliphatic carbocycles. The summed E-state index contributed by atoms with van der Waals surface area (Å²) in [5.74, 6) is 0.202. The summed E-state index contributed by atoms with van der Waals surface area (Å²) in [5, 5.41) is 10.1. The van der Waals surface area contributed by atoms with Gasteiger partial charge in [0.1, 0.15) is 5.75 Å². The Bertz CT molecular complexity index is 1170. The zero-order valence-electron chi connectivity index (χ0n) is 21.2. The first-order valence-electron chi connectivity index (χ1n) is 11.9. The zero-order chi connectivity index (χ0) is 28.5. The van der Waals surface area contributed by atoms with Crippen LogP contribution in [0.4, 0.5) is 26.3 Å². The van der Waals surface area contributed by atoms with E-state index < -0.39 is 23.5 Å². The van der Waals surface area contributed by atoms with Crippen LogP contribution in [0.5, 0.6) is 5.75 Å². The van der Waals surface area contributed by atoms with Crippen molar-refractivity contribution in [1.82, 2.24) is 10.1 Å². The molecule has 3 aromatic rings. The van der Waals surface area contributed by atoms with Gasteiger partial charge in [0, 0.05) is 17.9 Å². The van der Waals surface area contributed by atoms with Crippen LogP contribution in [0.2, 0.25) is 0 Å². The number of unbranched alkanes of at least 4 members (excludes halogenated alkanes) is 1. The molecule has 0 saturated carbocycles. The number of rotatable bonds is 9. The second kappa shape index (κ2) is 13.3. The van der Waals surface area contributed by atoms with Gasteiger partial charge in [0.05, 0.1) is 23.6 Å². The molecule has 1 heterocycles. The number of halogens is 6. The minimum absolute atomic E-state index is 0.00362. The van der Waals surface area contributed by atoms with Crippen molar-refractivity contribution in [2.45, 2.75) is 64.7 Å². The SMILES string of the molecule is CC(=N)N.CCCC[C@H](C)c1nc(-c2ccc(OCCc3ccc(C(F)(F)F)cc3)c(C(F)(F)F)c2)no1. The van der Waals surface area contributed by atoms with Crippen LogP contribution >= 0.6 is 0 Å². The van der Waals surface area contributed by atoms with Gasteiger partial charge < -0.3 is 15.0 Å². The van der Waals surface area contributed by atoms with E-state index in [1.165, 1.54) is 31.2 Å². The smallest absolute Gasteiger partial charge is 0.419 e. The molecule has 0 radical (unpaired) electrons. The lowest BCUT2D eigenvalue weighted by Crippen LogP contribution is -2.11. The molecule has 0 amide bonds. The number of hydrogen-bond acceptors (Lipinski definition) is 5. The topological polar surface area (TPSA) is 98.0 Å². The Balaban J connectivity index is 0.00000118. The van der Waals surface area contributed by atoms with Crippen LogP contribution in [-0.2, 0) is 18.8 Å². The Kier molecular flexibility index (Phi) is 10.7. The van der Waals surface area contributed by atoms with Gasteiger partial charge in [-0.3, -0.25) is 5.41 Å². The number of nitrogens with zero attached hydrogens (tertiary/aromatic N) is 2. The fourth-order valence-electron chi connectivity index (χ4n) is 3.34. The lowest BCUT2D eigenvalue weighted by atomic mass is 10.0. The number of amidine groups is 1. The molecule has 0 bridgehead atoms. The van der Waals surface area contributed by atoms with Gasteiger partial charge in [-0.05, 0) is 49.2 Å². The summed E-state index contributed by atoms with van der Waals surface area (Å²) in [5.41, 5.74) is 3.55. The minimum Gasteiger partial charge on any atom is -0.493 e. The second-order valence-corrected chi connectivity index (χ2v) is 8.68. The summed E-state index contributed by atoms with van der Waals surface area (Å²) >= 11 is 0. The fraction of sp³-hybridized carbons (Fsp3) is 0.423. The van der Waals surface area contributed by atoms with E-state index >= 15 is 0 Å². The average molecular weight is 545 g/mol. The van der Waals surface area contributed by atoms with Crippen LogP contribution in [0.3, 0.4) is 0 Å². The Hall–Kier alpha value is -3.57. The van der Waals surface area contributed by atoms with E-state index in [1.54, 1.807) is 0 Å². The lowest BCUT2D eigenvalue weighted by molar-refractivity contribution is -0.139. The summed E-state index contributed by atoms with van der Waals surface area (Å²) in [4.78, 5) is 4.25. The van der Waals surface area contributed by atoms with Crippen LogP contribution in [0, 0.1) is 5.41 Å². The van der Waals surface area contributed by atoms with Crippen molar-refractivity contribution in [3.8, 4) is 17.1 Å². The van der Waals surface area contributed by atoms with Crippen LogP contribution in [-0.4, -0.2) is 22.6 Å². The first-order chi connectivity index (χ1) is 17.7. The molecule has 6 nitrogen and oxygen atoms in total. The van der Waals surface area contributed by atoms with E-state index in [0.717, 1.165) is 37.5 Å². The highest BCUT2D eigenvalue weighted by molar-refractivity contribution is 5.73. The van der Waals surface area contributed by atoms with Gasteiger partial charge in [-0.1, -0.05) is 44.0 Å². The number of ether oxygens (including phenoxy) is 1. The van der Waals surface area contributed by atoms with Gasteiger partial charge >= 0.3 is 12.4 Å². The molecule has 38 heavy (non-hydrogen) atoms.